The van der Waals surface area contributed by atoms with Crippen molar-refractivity contribution in [2.45, 2.75) is 6.42 Å². The highest BCUT2D eigenvalue weighted by molar-refractivity contribution is 7.98. The number of para-hydroxylation sites is 2. The Kier molecular flexibility index (Phi) is 5.72. The third-order valence-corrected chi connectivity index (χ3v) is 4.61. The molecule has 0 aliphatic rings. The second kappa shape index (κ2) is 8.17. The predicted octanol–water partition coefficient (Wildman–Crippen LogP) is 4.07. The fourth-order valence-electron chi connectivity index (χ4n) is 2.46. The van der Waals surface area contributed by atoms with Crippen molar-refractivity contribution in [2.24, 2.45) is 0 Å². The van der Waals surface area contributed by atoms with Gasteiger partial charge in [-0.15, -0.1) is 0 Å². The number of thiocarbonyl (C=S) groups is 1. The van der Waals surface area contributed by atoms with E-state index in [4.69, 9.17) is 12.2 Å². The van der Waals surface area contributed by atoms with E-state index in [2.05, 4.69) is 44.6 Å². The molecule has 0 atom stereocenters. The molecule has 0 fully saturated rings. The molecule has 4 nitrogen and oxygen atoms in total. The van der Waals surface area contributed by atoms with Crippen molar-refractivity contribution >= 4 is 45.8 Å². The number of fused-ring (bicyclic) bond motifs is 1. The second-order valence-corrected chi connectivity index (χ2v) is 6.77. The minimum atomic E-state index is 0.664. The summed E-state index contributed by atoms with van der Waals surface area (Å²) in [5.41, 5.74) is 4.15. The van der Waals surface area contributed by atoms with E-state index in [1.807, 2.05) is 48.4 Å². The van der Waals surface area contributed by atoms with Crippen LogP contribution in [0.2, 0.25) is 0 Å². The van der Waals surface area contributed by atoms with Crippen molar-refractivity contribution in [3.05, 3.63) is 54.9 Å². The molecule has 0 amide bonds. The molecule has 24 heavy (non-hydrogen) atoms. The highest BCUT2D eigenvalue weighted by atomic mass is 32.2. The molecule has 0 spiro atoms. The quantitative estimate of drug-likeness (QED) is 0.515. The molecule has 124 valence electrons. The summed E-state index contributed by atoms with van der Waals surface area (Å²) >= 11 is 7.16. The highest BCUT2D eigenvalue weighted by Crippen LogP contribution is 2.19. The van der Waals surface area contributed by atoms with Crippen LogP contribution in [0, 0.1) is 0 Å². The zero-order chi connectivity index (χ0) is 16.8. The molecule has 0 bridgehead atoms. The summed E-state index contributed by atoms with van der Waals surface area (Å²) in [4.78, 5) is 4.43. The van der Waals surface area contributed by atoms with Gasteiger partial charge in [0, 0.05) is 17.9 Å². The molecule has 1 heterocycles. The number of thioether (sulfide) groups is 1. The van der Waals surface area contributed by atoms with E-state index in [1.165, 1.54) is 0 Å². The molecule has 2 aromatic carbocycles. The standard InChI is InChI=1S/C18H20N4S2/c1-24-12-4-11-19-18(23)21-14-7-9-15(10-8-14)22-13-20-16-5-2-3-6-17(16)22/h2-3,5-10,13H,4,11-12H2,1H3,(H2,19,21,23). The Morgan fingerprint density at radius 2 is 1.96 bits per heavy atom. The van der Waals surface area contributed by atoms with Gasteiger partial charge in [0.25, 0.3) is 0 Å². The molecule has 0 saturated heterocycles. The van der Waals surface area contributed by atoms with E-state index in [1.54, 1.807) is 0 Å². The zero-order valence-corrected chi connectivity index (χ0v) is 15.2. The normalized spacial score (nSPS) is 10.7. The summed E-state index contributed by atoms with van der Waals surface area (Å²) in [6.07, 6.45) is 5.07. The van der Waals surface area contributed by atoms with Crippen LogP contribution < -0.4 is 10.6 Å². The molecule has 0 radical (unpaired) electrons. The molecule has 3 aromatic rings. The number of nitrogens with zero attached hydrogens (tertiary/aromatic N) is 2. The topological polar surface area (TPSA) is 41.9 Å². The molecule has 3 rings (SSSR count). The van der Waals surface area contributed by atoms with Crippen LogP contribution in [0.5, 0.6) is 0 Å². The summed E-state index contributed by atoms with van der Waals surface area (Å²) < 4.78 is 2.08. The number of nitrogens with one attached hydrogen (secondary N) is 2. The number of anilines is 1. The van der Waals surface area contributed by atoms with Crippen molar-refractivity contribution < 1.29 is 0 Å². The lowest BCUT2D eigenvalue weighted by atomic mass is 10.2. The van der Waals surface area contributed by atoms with E-state index in [9.17, 15) is 0 Å². The second-order valence-electron chi connectivity index (χ2n) is 5.38. The highest BCUT2D eigenvalue weighted by Gasteiger charge is 2.04. The van der Waals surface area contributed by atoms with Crippen molar-refractivity contribution in [3.63, 3.8) is 0 Å². The lowest BCUT2D eigenvalue weighted by Crippen LogP contribution is -2.29. The van der Waals surface area contributed by atoms with Gasteiger partial charge in [0.05, 0.1) is 11.0 Å². The van der Waals surface area contributed by atoms with Crippen LogP contribution in [0.1, 0.15) is 6.42 Å². The number of benzene rings is 2. The van der Waals surface area contributed by atoms with Gasteiger partial charge in [0.2, 0.25) is 0 Å². The average Bonchev–Trinajstić information content (AvgIpc) is 3.04. The summed E-state index contributed by atoms with van der Waals surface area (Å²) in [5.74, 6) is 1.14. The first-order chi connectivity index (χ1) is 11.8. The van der Waals surface area contributed by atoms with Crippen LogP contribution in [-0.2, 0) is 0 Å². The minimum Gasteiger partial charge on any atom is -0.362 e. The van der Waals surface area contributed by atoms with Crippen molar-refractivity contribution in [3.8, 4) is 5.69 Å². The van der Waals surface area contributed by atoms with Gasteiger partial charge in [0.15, 0.2) is 5.11 Å². The summed E-state index contributed by atoms with van der Waals surface area (Å²) in [7, 11) is 0. The SMILES string of the molecule is CSCCCNC(=S)Nc1ccc(-n2cnc3ccccc32)cc1. The maximum Gasteiger partial charge on any atom is 0.170 e. The van der Waals surface area contributed by atoms with E-state index >= 15 is 0 Å². The molecule has 2 N–H and O–H groups in total. The van der Waals surface area contributed by atoms with Crippen molar-refractivity contribution in [1.82, 2.24) is 14.9 Å². The van der Waals surface area contributed by atoms with Crippen LogP contribution >= 0.6 is 24.0 Å². The Morgan fingerprint density at radius 3 is 2.75 bits per heavy atom. The van der Waals surface area contributed by atoms with Crippen LogP contribution in [0.3, 0.4) is 0 Å². The van der Waals surface area contributed by atoms with Gasteiger partial charge in [-0.25, -0.2) is 4.98 Å². The van der Waals surface area contributed by atoms with Crippen molar-refractivity contribution in [2.75, 3.05) is 23.9 Å². The summed E-state index contributed by atoms with van der Waals surface area (Å²) in [6.45, 7) is 0.895. The molecule has 0 aliphatic heterocycles. The van der Waals surface area contributed by atoms with Gasteiger partial charge in [0.1, 0.15) is 6.33 Å². The Hall–Kier alpha value is -2.05. The fraction of sp³-hybridized carbons (Fsp3) is 0.222. The number of aromatic nitrogens is 2. The van der Waals surface area contributed by atoms with Crippen LogP contribution in [0.15, 0.2) is 54.9 Å². The predicted molar refractivity (Wildman–Crippen MR) is 108 cm³/mol. The summed E-state index contributed by atoms with van der Waals surface area (Å²) in [6, 6.07) is 16.3. The zero-order valence-electron chi connectivity index (χ0n) is 13.5. The monoisotopic (exact) mass is 356 g/mol. The number of hydrogen-bond donors (Lipinski definition) is 2. The Bertz CT molecular complexity index is 811. The maximum absolute atomic E-state index is 5.32. The number of hydrogen-bond acceptors (Lipinski definition) is 3. The van der Waals surface area contributed by atoms with Crippen molar-refractivity contribution in [1.29, 1.82) is 0 Å². The van der Waals surface area contributed by atoms with Crippen LogP contribution in [-0.4, -0.2) is 33.2 Å². The molecule has 0 aliphatic carbocycles. The Balaban J connectivity index is 1.64. The first-order valence-electron chi connectivity index (χ1n) is 7.84. The molecular weight excluding hydrogens is 336 g/mol. The molecule has 6 heteroatoms. The van der Waals surface area contributed by atoms with Gasteiger partial charge >= 0.3 is 0 Å². The van der Waals surface area contributed by atoms with Gasteiger partial charge in [-0.3, -0.25) is 4.57 Å². The first-order valence-corrected chi connectivity index (χ1v) is 9.64. The number of imidazole rings is 1. The van der Waals surface area contributed by atoms with Gasteiger partial charge in [-0.05, 0) is 67.0 Å². The lowest BCUT2D eigenvalue weighted by molar-refractivity contribution is 0.855. The van der Waals surface area contributed by atoms with E-state index in [0.29, 0.717) is 5.11 Å². The Morgan fingerprint density at radius 1 is 1.17 bits per heavy atom. The third kappa shape index (κ3) is 4.07. The average molecular weight is 357 g/mol. The van der Waals surface area contributed by atoms with Gasteiger partial charge in [-0.1, -0.05) is 12.1 Å². The molecule has 0 saturated carbocycles. The molecule has 1 aromatic heterocycles. The molecule has 0 unspecified atom stereocenters. The number of rotatable bonds is 6. The largest absolute Gasteiger partial charge is 0.362 e. The minimum absolute atomic E-state index is 0.664. The van der Waals surface area contributed by atoms with Gasteiger partial charge in [-0.2, -0.15) is 11.8 Å². The van der Waals surface area contributed by atoms with E-state index in [0.717, 1.165) is 41.1 Å². The smallest absolute Gasteiger partial charge is 0.170 e. The summed E-state index contributed by atoms with van der Waals surface area (Å²) in [5, 5.41) is 7.11. The molecular formula is C18H20N4S2. The fourth-order valence-corrected chi connectivity index (χ4v) is 3.12. The van der Waals surface area contributed by atoms with E-state index in [-0.39, 0.29) is 0 Å². The van der Waals surface area contributed by atoms with E-state index < -0.39 is 0 Å². The third-order valence-electron chi connectivity index (χ3n) is 3.67. The lowest BCUT2D eigenvalue weighted by Gasteiger charge is -2.11. The first kappa shape index (κ1) is 16.8. The Labute approximate surface area is 151 Å². The van der Waals surface area contributed by atoms with Gasteiger partial charge < -0.3 is 10.6 Å². The van der Waals surface area contributed by atoms with Crippen LogP contribution in [0.25, 0.3) is 16.7 Å². The van der Waals surface area contributed by atoms with Crippen LogP contribution in [0.4, 0.5) is 5.69 Å². The maximum atomic E-state index is 5.32.